The number of phosphoric ester groups is 1. The molecule has 0 aromatic carbocycles. The Bertz CT molecular complexity index is 1160. The molecule has 322 valence electrons. The summed E-state index contributed by atoms with van der Waals surface area (Å²) in [7, 11) is -4.63. The Kier molecular flexibility index (Phi) is 38.7. The van der Waals surface area contributed by atoms with Crippen LogP contribution in [-0.4, -0.2) is 65.7 Å². The zero-order valence-corrected chi connectivity index (χ0v) is 35.7. The van der Waals surface area contributed by atoms with Crippen LogP contribution < -0.4 is 0 Å². The zero-order chi connectivity index (χ0) is 41.2. The summed E-state index contributed by atoms with van der Waals surface area (Å²) >= 11 is 0. The Morgan fingerprint density at radius 3 is 1.59 bits per heavy atom. The van der Waals surface area contributed by atoms with Gasteiger partial charge in [0.1, 0.15) is 12.7 Å². The van der Waals surface area contributed by atoms with Gasteiger partial charge in [0.25, 0.3) is 0 Å². The number of hydrogen-bond donors (Lipinski definition) is 3. The number of allylic oxidation sites excluding steroid dienone is 12. The lowest BCUT2D eigenvalue weighted by Gasteiger charge is -2.20. The van der Waals surface area contributed by atoms with E-state index in [1.54, 1.807) is 0 Å². The number of hydrogen-bond acceptors (Lipinski definition) is 9. The van der Waals surface area contributed by atoms with Gasteiger partial charge < -0.3 is 24.6 Å². The average Bonchev–Trinajstić information content (AvgIpc) is 3.19. The Morgan fingerprint density at radius 1 is 0.554 bits per heavy atom. The summed E-state index contributed by atoms with van der Waals surface area (Å²) < 4.78 is 32.7. The SMILES string of the molecule is CC/C=C/C=C/C=C/CCCCCCCC(=O)OC(COC(=O)CCCCCCCCCCCC/C=C/C/C=C/C/C=C/CC)COP(=O)(O)OC[C@H](O)CO. The minimum atomic E-state index is -4.63. The summed E-state index contributed by atoms with van der Waals surface area (Å²) in [5.74, 6) is -0.959. The fourth-order valence-corrected chi connectivity index (χ4v) is 6.21. The quantitative estimate of drug-likeness (QED) is 0.0180. The van der Waals surface area contributed by atoms with Crippen molar-refractivity contribution >= 4 is 19.8 Å². The molecule has 0 saturated carbocycles. The molecule has 0 aliphatic carbocycles. The molecule has 0 aliphatic rings. The molecule has 0 aromatic rings. The molecule has 0 bridgehead atoms. The fraction of sp³-hybridized carbons (Fsp3) is 0.689. The van der Waals surface area contributed by atoms with Crippen molar-refractivity contribution in [2.75, 3.05) is 26.4 Å². The first-order chi connectivity index (χ1) is 27.2. The van der Waals surface area contributed by atoms with Gasteiger partial charge in [-0.3, -0.25) is 18.6 Å². The van der Waals surface area contributed by atoms with Crippen LogP contribution in [0.3, 0.4) is 0 Å². The molecule has 3 N–H and O–H groups in total. The number of carbonyl (C=O) groups excluding carboxylic acids is 2. The van der Waals surface area contributed by atoms with Crippen LogP contribution in [0.1, 0.15) is 162 Å². The molecule has 0 rings (SSSR count). The number of carbonyl (C=O) groups is 2. The molecule has 2 unspecified atom stereocenters. The van der Waals surface area contributed by atoms with E-state index in [9.17, 15) is 24.2 Å². The number of phosphoric acid groups is 1. The van der Waals surface area contributed by atoms with Crippen LogP contribution in [0.25, 0.3) is 0 Å². The topological polar surface area (TPSA) is 149 Å². The Hall–Kier alpha value is -2.59. The van der Waals surface area contributed by atoms with Gasteiger partial charge in [-0.15, -0.1) is 0 Å². The second kappa shape index (κ2) is 40.6. The maximum atomic E-state index is 12.6. The van der Waals surface area contributed by atoms with Crippen molar-refractivity contribution in [1.29, 1.82) is 0 Å². The lowest BCUT2D eigenvalue weighted by atomic mass is 10.1. The molecule has 10 nitrogen and oxygen atoms in total. The number of aliphatic hydroxyl groups is 2. The fourth-order valence-electron chi connectivity index (χ4n) is 5.42. The highest BCUT2D eigenvalue weighted by Crippen LogP contribution is 2.43. The molecule has 0 aliphatic heterocycles. The first kappa shape index (κ1) is 53.4. The Balaban J connectivity index is 4.28. The van der Waals surface area contributed by atoms with Gasteiger partial charge in [-0.05, 0) is 64.2 Å². The third-order valence-electron chi connectivity index (χ3n) is 8.67. The molecule has 11 heteroatoms. The maximum absolute atomic E-state index is 12.6. The van der Waals surface area contributed by atoms with E-state index in [0.717, 1.165) is 83.5 Å². The number of aliphatic hydroxyl groups excluding tert-OH is 2. The lowest BCUT2D eigenvalue weighted by Crippen LogP contribution is -2.29. The first-order valence-corrected chi connectivity index (χ1v) is 22.9. The van der Waals surface area contributed by atoms with Crippen molar-refractivity contribution in [3.8, 4) is 0 Å². The van der Waals surface area contributed by atoms with Gasteiger partial charge in [0, 0.05) is 12.8 Å². The van der Waals surface area contributed by atoms with E-state index in [0.29, 0.717) is 12.8 Å². The van der Waals surface area contributed by atoms with Gasteiger partial charge >= 0.3 is 19.8 Å². The molecular formula is C45H77O10P. The van der Waals surface area contributed by atoms with Crippen LogP contribution in [0.5, 0.6) is 0 Å². The van der Waals surface area contributed by atoms with Gasteiger partial charge in [-0.2, -0.15) is 0 Å². The van der Waals surface area contributed by atoms with Crippen molar-refractivity contribution in [2.24, 2.45) is 0 Å². The highest BCUT2D eigenvalue weighted by atomic mass is 31.2. The summed E-state index contributed by atoms with van der Waals surface area (Å²) in [6, 6.07) is 0. The van der Waals surface area contributed by atoms with E-state index in [-0.39, 0.29) is 19.4 Å². The summed E-state index contributed by atoms with van der Waals surface area (Å²) in [5.41, 5.74) is 0. The second-order valence-corrected chi connectivity index (χ2v) is 15.5. The minimum absolute atomic E-state index is 0.157. The van der Waals surface area contributed by atoms with Crippen LogP contribution >= 0.6 is 7.82 Å². The standard InChI is InChI=1S/C45H77O10P/c1-3-5-7-9-11-13-15-17-18-19-20-21-22-23-25-26-28-30-32-34-36-44(48)52-40-43(41-54-56(50,51)53-39-42(47)38-46)55-45(49)37-35-33-31-29-27-24-16-14-12-10-8-6-4-2/h5-8,10-14,16-18,42-43,46-47H,3-4,9,15,19-41H2,1-2H3,(H,50,51)/b7-5+,8-6+,12-10+,13-11+,16-14+,18-17+/t42-,43?/m1/s1. The average molecular weight is 809 g/mol. The van der Waals surface area contributed by atoms with Gasteiger partial charge in [0.2, 0.25) is 0 Å². The van der Waals surface area contributed by atoms with E-state index in [1.165, 1.54) is 38.5 Å². The summed E-state index contributed by atoms with van der Waals surface area (Å²) in [6.45, 7) is 2.09. The van der Waals surface area contributed by atoms with Crippen LogP contribution in [0, 0.1) is 0 Å². The van der Waals surface area contributed by atoms with Crippen molar-refractivity contribution in [2.45, 2.75) is 174 Å². The van der Waals surface area contributed by atoms with Crippen LogP contribution in [0.4, 0.5) is 0 Å². The summed E-state index contributed by atoms with van der Waals surface area (Å²) in [6.07, 6.45) is 45.9. The van der Waals surface area contributed by atoms with Gasteiger partial charge in [-0.1, -0.05) is 157 Å². The van der Waals surface area contributed by atoms with E-state index in [4.69, 9.17) is 19.1 Å². The van der Waals surface area contributed by atoms with E-state index in [1.807, 2.05) is 24.3 Å². The maximum Gasteiger partial charge on any atom is 0.472 e. The molecule has 3 atom stereocenters. The zero-order valence-electron chi connectivity index (χ0n) is 34.8. The first-order valence-electron chi connectivity index (χ1n) is 21.4. The molecule has 0 aromatic heterocycles. The van der Waals surface area contributed by atoms with Gasteiger partial charge in [0.15, 0.2) is 6.10 Å². The number of ether oxygens (including phenoxy) is 2. The van der Waals surface area contributed by atoms with Crippen LogP contribution in [0.2, 0.25) is 0 Å². The molecule has 0 radical (unpaired) electrons. The van der Waals surface area contributed by atoms with Crippen LogP contribution in [-0.2, 0) is 32.7 Å². The van der Waals surface area contributed by atoms with Gasteiger partial charge in [0.05, 0.1) is 19.8 Å². The minimum Gasteiger partial charge on any atom is -0.462 e. The monoisotopic (exact) mass is 809 g/mol. The predicted octanol–water partition coefficient (Wildman–Crippen LogP) is 11.3. The highest BCUT2D eigenvalue weighted by molar-refractivity contribution is 7.47. The number of rotatable bonds is 39. The largest absolute Gasteiger partial charge is 0.472 e. The van der Waals surface area contributed by atoms with Crippen LogP contribution in [0.15, 0.2) is 72.9 Å². The third-order valence-corrected chi connectivity index (χ3v) is 9.62. The van der Waals surface area contributed by atoms with Crippen molar-refractivity contribution in [1.82, 2.24) is 0 Å². The summed E-state index contributed by atoms with van der Waals surface area (Å²) in [4.78, 5) is 35.0. The van der Waals surface area contributed by atoms with Crippen molar-refractivity contribution in [3.05, 3.63) is 72.9 Å². The highest BCUT2D eigenvalue weighted by Gasteiger charge is 2.27. The van der Waals surface area contributed by atoms with E-state index >= 15 is 0 Å². The number of unbranched alkanes of at least 4 members (excludes halogenated alkanes) is 15. The Morgan fingerprint density at radius 2 is 1.02 bits per heavy atom. The number of esters is 2. The van der Waals surface area contributed by atoms with Crippen molar-refractivity contribution < 1.29 is 47.8 Å². The smallest absolute Gasteiger partial charge is 0.462 e. The molecule has 0 saturated heterocycles. The molecule has 0 spiro atoms. The van der Waals surface area contributed by atoms with E-state index < -0.39 is 51.8 Å². The normalized spacial score (nSPS) is 14.6. The van der Waals surface area contributed by atoms with Gasteiger partial charge in [-0.25, -0.2) is 4.57 Å². The summed E-state index contributed by atoms with van der Waals surface area (Å²) in [5, 5.41) is 18.3. The predicted molar refractivity (Wildman–Crippen MR) is 228 cm³/mol. The molecule has 0 amide bonds. The molecular weight excluding hydrogens is 731 g/mol. The lowest BCUT2D eigenvalue weighted by molar-refractivity contribution is -0.161. The molecule has 56 heavy (non-hydrogen) atoms. The Labute approximate surface area is 339 Å². The molecule has 0 fully saturated rings. The second-order valence-electron chi connectivity index (χ2n) is 14.0. The molecule has 0 heterocycles. The third kappa shape index (κ3) is 39.6. The van der Waals surface area contributed by atoms with E-state index in [2.05, 4.69) is 67.0 Å². The van der Waals surface area contributed by atoms with Crippen molar-refractivity contribution in [3.63, 3.8) is 0 Å².